The Morgan fingerprint density at radius 3 is 1.93 bits per heavy atom. The summed E-state index contributed by atoms with van der Waals surface area (Å²) in [6.07, 6.45) is 3.41. The van der Waals surface area contributed by atoms with Crippen LogP contribution in [0.4, 0.5) is 0 Å². The predicted molar refractivity (Wildman–Crippen MR) is 101 cm³/mol. The van der Waals surface area contributed by atoms with Crippen molar-refractivity contribution >= 4 is 11.9 Å². The average molecular weight is 379 g/mol. The Balaban J connectivity index is 2.37. The van der Waals surface area contributed by atoms with Gasteiger partial charge in [-0.15, -0.1) is 0 Å². The second kappa shape index (κ2) is 9.48. The maximum absolute atomic E-state index is 12.9. The van der Waals surface area contributed by atoms with Crippen LogP contribution in [0.5, 0.6) is 17.2 Å². The zero-order chi connectivity index (χ0) is 19.9. The minimum Gasteiger partial charge on any atom is -0.490 e. The molecule has 27 heavy (non-hydrogen) atoms. The van der Waals surface area contributed by atoms with Crippen molar-refractivity contribution in [2.75, 3.05) is 19.8 Å². The van der Waals surface area contributed by atoms with E-state index in [1.54, 1.807) is 12.1 Å². The molecule has 0 aliphatic heterocycles. The number of ether oxygens (including phenoxy) is 3. The third-order valence-electron chi connectivity index (χ3n) is 4.64. The van der Waals surface area contributed by atoms with Gasteiger partial charge in [0.15, 0.2) is 11.5 Å². The number of carboxylic acid groups (broad SMARTS) is 1. The lowest BCUT2D eigenvalue weighted by atomic mass is 9.81. The Morgan fingerprint density at radius 1 is 0.963 bits per heavy atom. The smallest absolute Gasteiger partial charge is 0.329 e. The standard InChI is InChI=1S/C20H29NO6/c1-4-25-15-12-14(13-16(26-5-2)17(15)27-6-3)18(22)21-20(19(23)24)10-8-7-9-11-20/h12-13H,4-11H2,1-3H3,(H,21,22)(H,23,24). The van der Waals surface area contributed by atoms with Crippen molar-refractivity contribution in [1.82, 2.24) is 5.32 Å². The largest absolute Gasteiger partial charge is 0.490 e. The lowest BCUT2D eigenvalue weighted by Crippen LogP contribution is -2.55. The Kier molecular flexibility index (Phi) is 7.33. The number of nitrogens with one attached hydrogen (secondary N) is 1. The van der Waals surface area contributed by atoms with Crippen LogP contribution >= 0.6 is 0 Å². The molecule has 0 heterocycles. The highest BCUT2D eigenvalue weighted by molar-refractivity contribution is 5.99. The molecular weight excluding hydrogens is 350 g/mol. The third-order valence-corrected chi connectivity index (χ3v) is 4.64. The van der Waals surface area contributed by atoms with Crippen molar-refractivity contribution in [3.63, 3.8) is 0 Å². The quantitative estimate of drug-likeness (QED) is 0.683. The number of aliphatic carboxylic acids is 1. The minimum atomic E-state index is -1.22. The molecule has 1 amide bonds. The van der Waals surface area contributed by atoms with Crippen LogP contribution in [0.25, 0.3) is 0 Å². The molecule has 1 aromatic carbocycles. The highest BCUT2D eigenvalue weighted by atomic mass is 16.5. The van der Waals surface area contributed by atoms with Crippen LogP contribution in [0.2, 0.25) is 0 Å². The van der Waals surface area contributed by atoms with E-state index in [0.29, 0.717) is 49.9 Å². The predicted octanol–water partition coefficient (Wildman–Crippen LogP) is 3.40. The van der Waals surface area contributed by atoms with E-state index in [1.165, 1.54) is 0 Å². The van der Waals surface area contributed by atoms with Gasteiger partial charge in [0, 0.05) is 5.56 Å². The second-order valence-corrected chi connectivity index (χ2v) is 6.50. The van der Waals surface area contributed by atoms with Gasteiger partial charge in [-0.05, 0) is 45.7 Å². The van der Waals surface area contributed by atoms with E-state index in [-0.39, 0.29) is 5.56 Å². The SMILES string of the molecule is CCOc1cc(C(=O)NC2(C(=O)O)CCCCC2)cc(OCC)c1OCC. The van der Waals surface area contributed by atoms with Crippen molar-refractivity contribution in [2.24, 2.45) is 0 Å². The summed E-state index contributed by atoms with van der Waals surface area (Å²) >= 11 is 0. The lowest BCUT2D eigenvalue weighted by Gasteiger charge is -2.34. The highest BCUT2D eigenvalue weighted by Crippen LogP contribution is 2.39. The molecule has 1 aromatic rings. The van der Waals surface area contributed by atoms with Crippen molar-refractivity contribution in [3.8, 4) is 17.2 Å². The summed E-state index contributed by atoms with van der Waals surface area (Å²) in [5.41, 5.74) is -0.928. The van der Waals surface area contributed by atoms with Crippen molar-refractivity contribution in [1.29, 1.82) is 0 Å². The monoisotopic (exact) mass is 379 g/mol. The van der Waals surface area contributed by atoms with E-state index in [4.69, 9.17) is 14.2 Å². The van der Waals surface area contributed by atoms with Crippen molar-refractivity contribution in [3.05, 3.63) is 17.7 Å². The molecule has 0 aromatic heterocycles. The molecule has 0 bridgehead atoms. The van der Waals surface area contributed by atoms with Crippen LogP contribution in [0.1, 0.15) is 63.2 Å². The molecule has 0 unspecified atom stereocenters. The fraction of sp³-hybridized carbons (Fsp3) is 0.600. The number of hydrogen-bond acceptors (Lipinski definition) is 5. The van der Waals surface area contributed by atoms with Crippen LogP contribution in [0.15, 0.2) is 12.1 Å². The van der Waals surface area contributed by atoms with E-state index in [2.05, 4.69) is 5.32 Å². The van der Waals surface area contributed by atoms with E-state index in [0.717, 1.165) is 19.3 Å². The fourth-order valence-corrected chi connectivity index (χ4v) is 3.36. The van der Waals surface area contributed by atoms with Crippen LogP contribution in [0.3, 0.4) is 0 Å². The molecule has 2 rings (SSSR count). The summed E-state index contributed by atoms with van der Waals surface area (Å²) in [7, 11) is 0. The molecular formula is C20H29NO6. The van der Waals surface area contributed by atoms with Crippen LogP contribution in [-0.2, 0) is 4.79 Å². The summed E-state index contributed by atoms with van der Waals surface area (Å²) in [5, 5.41) is 12.4. The Labute approximate surface area is 160 Å². The van der Waals surface area contributed by atoms with Crippen molar-refractivity contribution < 1.29 is 28.9 Å². The summed E-state index contributed by atoms with van der Waals surface area (Å²) < 4.78 is 16.9. The van der Waals surface area contributed by atoms with Gasteiger partial charge >= 0.3 is 5.97 Å². The molecule has 0 spiro atoms. The molecule has 1 fully saturated rings. The zero-order valence-electron chi connectivity index (χ0n) is 16.3. The number of carboxylic acids is 1. The Morgan fingerprint density at radius 2 is 1.48 bits per heavy atom. The number of hydrogen-bond donors (Lipinski definition) is 2. The van der Waals surface area contributed by atoms with Gasteiger partial charge in [-0.2, -0.15) is 0 Å². The Bertz CT molecular complexity index is 639. The van der Waals surface area contributed by atoms with Gasteiger partial charge in [-0.3, -0.25) is 4.79 Å². The number of carbonyl (C=O) groups is 2. The topological polar surface area (TPSA) is 94.1 Å². The van der Waals surface area contributed by atoms with Gasteiger partial charge in [-0.1, -0.05) is 19.3 Å². The van der Waals surface area contributed by atoms with Crippen LogP contribution < -0.4 is 19.5 Å². The molecule has 1 aliphatic carbocycles. The van der Waals surface area contributed by atoms with Gasteiger partial charge in [0.1, 0.15) is 5.54 Å². The number of amides is 1. The fourth-order valence-electron chi connectivity index (χ4n) is 3.36. The highest BCUT2D eigenvalue weighted by Gasteiger charge is 2.41. The molecule has 1 saturated carbocycles. The average Bonchev–Trinajstić information content (AvgIpc) is 2.65. The maximum Gasteiger partial charge on any atom is 0.329 e. The Hall–Kier alpha value is -2.44. The number of rotatable bonds is 9. The summed E-state index contributed by atoms with van der Waals surface area (Å²) in [6.45, 7) is 6.75. The van der Waals surface area contributed by atoms with E-state index < -0.39 is 17.4 Å². The normalized spacial score (nSPS) is 15.7. The first kappa shape index (κ1) is 20.9. The molecule has 7 nitrogen and oxygen atoms in total. The molecule has 0 atom stereocenters. The summed E-state index contributed by atoms with van der Waals surface area (Å²) in [4.78, 5) is 24.7. The second-order valence-electron chi connectivity index (χ2n) is 6.50. The van der Waals surface area contributed by atoms with Gasteiger partial charge in [0.2, 0.25) is 5.75 Å². The molecule has 2 N–H and O–H groups in total. The van der Waals surface area contributed by atoms with E-state index in [1.807, 2.05) is 20.8 Å². The summed E-state index contributed by atoms with van der Waals surface area (Å²) in [5.74, 6) is -0.184. The first-order chi connectivity index (χ1) is 13.0. The van der Waals surface area contributed by atoms with Gasteiger partial charge < -0.3 is 24.6 Å². The molecule has 0 saturated heterocycles. The maximum atomic E-state index is 12.9. The van der Waals surface area contributed by atoms with Gasteiger partial charge in [0.05, 0.1) is 19.8 Å². The minimum absolute atomic E-state index is 0.288. The van der Waals surface area contributed by atoms with Gasteiger partial charge in [0.25, 0.3) is 5.91 Å². The number of benzene rings is 1. The first-order valence-corrected chi connectivity index (χ1v) is 9.59. The third kappa shape index (κ3) is 4.84. The van der Waals surface area contributed by atoms with Crippen LogP contribution in [-0.4, -0.2) is 42.3 Å². The number of carbonyl (C=O) groups excluding carboxylic acids is 1. The molecule has 1 aliphatic rings. The first-order valence-electron chi connectivity index (χ1n) is 9.59. The molecule has 7 heteroatoms. The molecule has 0 radical (unpaired) electrons. The molecule has 150 valence electrons. The van der Waals surface area contributed by atoms with Gasteiger partial charge in [-0.25, -0.2) is 4.79 Å². The lowest BCUT2D eigenvalue weighted by molar-refractivity contribution is -0.145. The van der Waals surface area contributed by atoms with Crippen molar-refractivity contribution in [2.45, 2.75) is 58.4 Å². The zero-order valence-corrected chi connectivity index (χ0v) is 16.3. The summed E-state index contributed by atoms with van der Waals surface area (Å²) in [6, 6.07) is 3.15. The van der Waals surface area contributed by atoms with Crippen LogP contribution in [0, 0.1) is 0 Å². The van der Waals surface area contributed by atoms with E-state index >= 15 is 0 Å². The van der Waals surface area contributed by atoms with E-state index in [9.17, 15) is 14.7 Å².